The minimum atomic E-state index is -4.75. The SMILES string of the molecule is CCC1(n2c(-c3ccc(F)cc3)ccc2C(F)(F)F)C(=O)OCCC1O. The van der Waals surface area contributed by atoms with Crippen LogP contribution >= 0.6 is 0 Å². The van der Waals surface area contributed by atoms with Gasteiger partial charge in [-0.25, -0.2) is 9.18 Å². The van der Waals surface area contributed by atoms with Crippen molar-refractivity contribution < 1.29 is 32.2 Å². The van der Waals surface area contributed by atoms with Crippen molar-refractivity contribution in [2.75, 3.05) is 6.61 Å². The molecule has 3 rings (SSSR count). The summed E-state index contributed by atoms with van der Waals surface area (Å²) in [6.45, 7) is 1.46. The summed E-state index contributed by atoms with van der Waals surface area (Å²) in [4.78, 5) is 12.5. The lowest BCUT2D eigenvalue weighted by molar-refractivity contribution is -0.177. The van der Waals surface area contributed by atoms with Crippen LogP contribution in [0.25, 0.3) is 11.3 Å². The van der Waals surface area contributed by atoms with Gasteiger partial charge in [0.05, 0.1) is 12.7 Å². The Morgan fingerprint density at radius 2 is 1.88 bits per heavy atom. The fourth-order valence-electron chi connectivity index (χ4n) is 3.48. The first kappa shape index (κ1) is 18.4. The van der Waals surface area contributed by atoms with Gasteiger partial charge in [-0.15, -0.1) is 0 Å². The molecule has 2 atom stereocenters. The molecule has 1 aliphatic heterocycles. The van der Waals surface area contributed by atoms with Gasteiger partial charge in [0.15, 0.2) is 5.54 Å². The highest BCUT2D eigenvalue weighted by Gasteiger charge is 2.53. The molecule has 1 fully saturated rings. The zero-order valence-electron chi connectivity index (χ0n) is 13.9. The van der Waals surface area contributed by atoms with E-state index in [1.165, 1.54) is 25.1 Å². The zero-order chi connectivity index (χ0) is 19.1. The second-order valence-electron chi connectivity index (χ2n) is 6.16. The van der Waals surface area contributed by atoms with E-state index in [9.17, 15) is 27.5 Å². The number of ether oxygens (including phenoxy) is 1. The van der Waals surface area contributed by atoms with E-state index in [4.69, 9.17) is 4.74 Å². The molecule has 0 radical (unpaired) electrons. The first-order valence-corrected chi connectivity index (χ1v) is 8.12. The maximum absolute atomic E-state index is 13.6. The van der Waals surface area contributed by atoms with Gasteiger partial charge in [-0.05, 0) is 48.4 Å². The highest BCUT2D eigenvalue weighted by atomic mass is 19.4. The van der Waals surface area contributed by atoms with Crippen LogP contribution in [0.3, 0.4) is 0 Å². The lowest BCUT2D eigenvalue weighted by Gasteiger charge is -2.42. The van der Waals surface area contributed by atoms with Crippen LogP contribution in [0, 0.1) is 5.82 Å². The van der Waals surface area contributed by atoms with Gasteiger partial charge in [-0.3, -0.25) is 0 Å². The van der Waals surface area contributed by atoms with E-state index >= 15 is 0 Å². The average Bonchev–Trinajstić information content (AvgIpc) is 3.02. The molecule has 1 aromatic carbocycles. The van der Waals surface area contributed by atoms with Crippen molar-refractivity contribution in [3.05, 3.63) is 47.9 Å². The van der Waals surface area contributed by atoms with Gasteiger partial charge in [0.25, 0.3) is 0 Å². The molecule has 1 N–H and O–H groups in total. The van der Waals surface area contributed by atoms with Crippen LogP contribution < -0.4 is 0 Å². The zero-order valence-corrected chi connectivity index (χ0v) is 13.9. The number of alkyl halides is 3. The Balaban J connectivity index is 2.31. The van der Waals surface area contributed by atoms with E-state index in [0.717, 1.165) is 22.8 Å². The molecule has 0 spiro atoms. The Labute approximate surface area is 147 Å². The Hall–Kier alpha value is -2.35. The molecular weight excluding hydrogens is 354 g/mol. The van der Waals surface area contributed by atoms with E-state index in [0.29, 0.717) is 5.56 Å². The molecule has 1 aliphatic rings. The van der Waals surface area contributed by atoms with Crippen LogP contribution in [-0.4, -0.2) is 28.4 Å². The van der Waals surface area contributed by atoms with Gasteiger partial charge in [0.1, 0.15) is 11.5 Å². The number of rotatable bonds is 3. The number of carbonyl (C=O) groups excluding carboxylic acids is 1. The van der Waals surface area contributed by atoms with Crippen molar-refractivity contribution in [2.45, 2.75) is 37.6 Å². The quantitative estimate of drug-likeness (QED) is 0.661. The van der Waals surface area contributed by atoms with Gasteiger partial charge < -0.3 is 14.4 Å². The third-order valence-corrected chi connectivity index (χ3v) is 4.78. The summed E-state index contributed by atoms with van der Waals surface area (Å²) in [6.07, 6.45) is -6.17. The summed E-state index contributed by atoms with van der Waals surface area (Å²) >= 11 is 0. The number of benzene rings is 1. The van der Waals surface area contributed by atoms with Crippen molar-refractivity contribution in [3.8, 4) is 11.3 Å². The maximum Gasteiger partial charge on any atom is 0.431 e. The minimum Gasteiger partial charge on any atom is -0.464 e. The molecule has 2 heterocycles. The molecule has 0 saturated carbocycles. The van der Waals surface area contributed by atoms with Crippen LogP contribution in [0.5, 0.6) is 0 Å². The number of hydrogen-bond acceptors (Lipinski definition) is 3. The van der Waals surface area contributed by atoms with Gasteiger partial charge in [0, 0.05) is 12.1 Å². The number of aromatic nitrogens is 1. The van der Waals surface area contributed by atoms with E-state index in [1.807, 2.05) is 0 Å². The summed E-state index contributed by atoms with van der Waals surface area (Å²) in [5, 5.41) is 10.5. The van der Waals surface area contributed by atoms with Gasteiger partial charge in [0.2, 0.25) is 0 Å². The number of aliphatic hydroxyl groups is 1. The predicted octanol–water partition coefficient (Wildman–Crippen LogP) is 3.73. The molecule has 0 aliphatic carbocycles. The third kappa shape index (κ3) is 2.78. The Kier molecular flexibility index (Phi) is 4.56. The van der Waals surface area contributed by atoms with Gasteiger partial charge in [-0.2, -0.15) is 13.2 Å². The maximum atomic E-state index is 13.6. The summed E-state index contributed by atoms with van der Waals surface area (Å²) in [5.74, 6) is -1.45. The van der Waals surface area contributed by atoms with E-state index < -0.39 is 35.3 Å². The van der Waals surface area contributed by atoms with Gasteiger partial charge in [-0.1, -0.05) is 6.92 Å². The van der Waals surface area contributed by atoms with Crippen LogP contribution in [0.15, 0.2) is 36.4 Å². The topological polar surface area (TPSA) is 51.5 Å². The van der Waals surface area contributed by atoms with Crippen LogP contribution in [0.1, 0.15) is 25.5 Å². The second kappa shape index (κ2) is 6.42. The lowest BCUT2D eigenvalue weighted by atomic mass is 9.84. The number of nitrogens with zero attached hydrogens (tertiary/aromatic N) is 1. The molecule has 0 amide bonds. The fourth-order valence-corrected chi connectivity index (χ4v) is 3.48. The minimum absolute atomic E-state index is 0.0257. The first-order chi connectivity index (χ1) is 12.2. The van der Waals surface area contributed by atoms with Crippen LogP contribution in [0.2, 0.25) is 0 Å². The molecule has 4 nitrogen and oxygen atoms in total. The van der Waals surface area contributed by atoms with Crippen molar-refractivity contribution >= 4 is 5.97 Å². The number of halogens is 4. The molecule has 1 saturated heterocycles. The van der Waals surface area contributed by atoms with Crippen molar-refractivity contribution in [2.24, 2.45) is 0 Å². The average molecular weight is 371 g/mol. The first-order valence-electron chi connectivity index (χ1n) is 8.12. The predicted molar refractivity (Wildman–Crippen MR) is 84.7 cm³/mol. The Morgan fingerprint density at radius 3 is 2.42 bits per heavy atom. The lowest BCUT2D eigenvalue weighted by Crippen LogP contribution is -2.56. The van der Waals surface area contributed by atoms with E-state index in [1.54, 1.807) is 0 Å². The number of cyclic esters (lactones) is 1. The van der Waals surface area contributed by atoms with Crippen LogP contribution in [0.4, 0.5) is 17.6 Å². The van der Waals surface area contributed by atoms with Crippen molar-refractivity contribution in [3.63, 3.8) is 0 Å². The molecule has 0 bridgehead atoms. The number of carbonyl (C=O) groups is 1. The summed E-state index contributed by atoms with van der Waals surface area (Å²) < 4.78 is 60.0. The Morgan fingerprint density at radius 1 is 1.23 bits per heavy atom. The smallest absolute Gasteiger partial charge is 0.431 e. The summed E-state index contributed by atoms with van der Waals surface area (Å²) in [6, 6.07) is 6.95. The van der Waals surface area contributed by atoms with Gasteiger partial charge >= 0.3 is 12.1 Å². The summed E-state index contributed by atoms with van der Waals surface area (Å²) in [5.41, 5.74) is -2.63. The Bertz CT molecular complexity index is 813. The number of hydrogen-bond donors (Lipinski definition) is 1. The van der Waals surface area contributed by atoms with Crippen molar-refractivity contribution in [1.29, 1.82) is 0 Å². The van der Waals surface area contributed by atoms with E-state index in [2.05, 4.69) is 0 Å². The number of aliphatic hydroxyl groups excluding tert-OH is 1. The summed E-state index contributed by atoms with van der Waals surface area (Å²) in [7, 11) is 0. The number of esters is 1. The third-order valence-electron chi connectivity index (χ3n) is 4.78. The molecule has 140 valence electrons. The molecular formula is C18H17F4NO3. The largest absolute Gasteiger partial charge is 0.464 e. The highest BCUT2D eigenvalue weighted by molar-refractivity contribution is 5.82. The van der Waals surface area contributed by atoms with Crippen LogP contribution in [-0.2, 0) is 21.2 Å². The standard InChI is InChI=1S/C18H17F4NO3/c1-2-17(15(24)9-10-26-16(17)25)23-13(7-8-14(23)18(20,21)22)11-3-5-12(19)6-4-11/h3-8,15,24H,2,9-10H2,1H3. The normalized spacial score (nSPS) is 23.8. The molecule has 26 heavy (non-hydrogen) atoms. The van der Waals surface area contributed by atoms with Crippen molar-refractivity contribution in [1.82, 2.24) is 4.57 Å². The monoisotopic (exact) mass is 371 g/mol. The fraction of sp³-hybridized carbons (Fsp3) is 0.389. The molecule has 2 aromatic rings. The molecule has 1 aromatic heterocycles. The molecule has 8 heteroatoms. The highest BCUT2D eigenvalue weighted by Crippen LogP contribution is 2.43. The second-order valence-corrected chi connectivity index (χ2v) is 6.16. The van der Waals surface area contributed by atoms with E-state index in [-0.39, 0.29) is 25.1 Å². The molecule has 2 unspecified atom stereocenters.